The molecule has 0 saturated carbocycles. The van der Waals surface area contributed by atoms with Gasteiger partial charge in [-0.1, -0.05) is 0 Å². The smallest absolute Gasteiger partial charge is 0.253 e. The van der Waals surface area contributed by atoms with Crippen molar-refractivity contribution >= 4 is 16.9 Å². The van der Waals surface area contributed by atoms with E-state index in [1.807, 2.05) is 0 Å². The van der Waals surface area contributed by atoms with Crippen molar-refractivity contribution in [1.82, 2.24) is 14.9 Å². The molecule has 0 unspecified atom stereocenters. The van der Waals surface area contributed by atoms with Gasteiger partial charge in [-0.05, 0) is 31.9 Å². The summed E-state index contributed by atoms with van der Waals surface area (Å²) in [5.41, 5.74) is 2.11. The lowest BCUT2D eigenvalue weighted by Crippen LogP contribution is -2.21. The number of hydrogen-bond acceptors (Lipinski definition) is 4. The van der Waals surface area contributed by atoms with Gasteiger partial charge in [-0.3, -0.25) is 4.79 Å². The predicted molar refractivity (Wildman–Crippen MR) is 101 cm³/mol. The average Bonchev–Trinajstić information content (AvgIpc) is 3.02. The molecule has 0 spiro atoms. The lowest BCUT2D eigenvalue weighted by atomic mass is 10.1. The summed E-state index contributed by atoms with van der Waals surface area (Å²) in [6.07, 6.45) is 1.44. The quantitative estimate of drug-likeness (QED) is 0.667. The Morgan fingerprint density at radius 3 is 2.71 bits per heavy atom. The van der Waals surface area contributed by atoms with Crippen LogP contribution >= 0.6 is 0 Å². The van der Waals surface area contributed by atoms with Gasteiger partial charge in [-0.15, -0.1) is 0 Å². The molecule has 6 nitrogen and oxygen atoms in total. The first-order valence-corrected chi connectivity index (χ1v) is 8.78. The van der Waals surface area contributed by atoms with Crippen LogP contribution in [0.4, 0.5) is 8.78 Å². The van der Waals surface area contributed by atoms with E-state index in [-0.39, 0.29) is 11.7 Å². The molecule has 2 aromatic carbocycles. The highest BCUT2D eigenvalue weighted by Crippen LogP contribution is 2.28. The van der Waals surface area contributed by atoms with Crippen molar-refractivity contribution in [1.29, 1.82) is 0 Å². The minimum Gasteiger partial charge on any atom is -0.506 e. The van der Waals surface area contributed by atoms with E-state index in [0.717, 1.165) is 12.5 Å². The number of rotatable bonds is 1. The topological polar surface area (TPSA) is 78.5 Å². The molecular formula is C20H21F2N3O3. The molecule has 8 heteroatoms. The first kappa shape index (κ1) is 19.6. The van der Waals surface area contributed by atoms with E-state index in [0.29, 0.717) is 46.8 Å². The van der Waals surface area contributed by atoms with Crippen molar-refractivity contribution in [3.8, 4) is 11.5 Å². The zero-order valence-electron chi connectivity index (χ0n) is 15.8. The molecule has 0 saturated heterocycles. The number of benzene rings is 2. The Hall–Kier alpha value is -3.16. The second-order valence-corrected chi connectivity index (χ2v) is 6.73. The average molecular weight is 389 g/mol. The molecule has 1 amide bonds. The molecule has 148 valence electrons. The van der Waals surface area contributed by atoms with Gasteiger partial charge in [-0.25, -0.2) is 13.8 Å². The van der Waals surface area contributed by atoms with E-state index in [4.69, 9.17) is 4.74 Å². The molecule has 3 aromatic rings. The molecule has 2 heterocycles. The first-order valence-electron chi connectivity index (χ1n) is 8.78. The van der Waals surface area contributed by atoms with Crippen molar-refractivity contribution in [2.45, 2.75) is 19.8 Å². The highest BCUT2D eigenvalue weighted by atomic mass is 19.1. The van der Waals surface area contributed by atoms with E-state index in [2.05, 4.69) is 9.97 Å². The minimum atomic E-state index is -0.576. The number of carbonyl (C=O) groups is 1. The Labute approximate surface area is 160 Å². The predicted octanol–water partition coefficient (Wildman–Crippen LogP) is 3.57. The van der Waals surface area contributed by atoms with Crippen molar-refractivity contribution in [2.24, 2.45) is 0 Å². The highest BCUT2D eigenvalue weighted by Gasteiger charge is 2.16. The van der Waals surface area contributed by atoms with Gasteiger partial charge < -0.3 is 19.7 Å². The molecule has 1 aliphatic heterocycles. The van der Waals surface area contributed by atoms with Crippen LogP contribution in [0.5, 0.6) is 11.5 Å². The Morgan fingerprint density at radius 2 is 2.00 bits per heavy atom. The van der Waals surface area contributed by atoms with Gasteiger partial charge in [0.1, 0.15) is 34.5 Å². The van der Waals surface area contributed by atoms with Crippen molar-refractivity contribution < 1.29 is 23.4 Å². The molecule has 28 heavy (non-hydrogen) atoms. The van der Waals surface area contributed by atoms with Crippen LogP contribution in [0, 0.1) is 18.6 Å². The van der Waals surface area contributed by atoms with E-state index in [9.17, 15) is 18.7 Å². The number of carbonyl (C=O) groups excluding carboxylic acids is 1. The molecule has 0 aliphatic carbocycles. The monoisotopic (exact) mass is 389 g/mol. The Bertz CT molecular complexity index is 1030. The number of imidazole rings is 1. The van der Waals surface area contributed by atoms with Crippen molar-refractivity contribution in [2.75, 3.05) is 20.7 Å². The largest absolute Gasteiger partial charge is 0.506 e. The fourth-order valence-electron chi connectivity index (χ4n) is 2.99. The van der Waals surface area contributed by atoms with Crippen LogP contribution in [0.15, 0.2) is 24.3 Å². The summed E-state index contributed by atoms with van der Waals surface area (Å²) in [5.74, 6) is -0.132. The SMILES string of the molecule is Cc1nc2c(O)cc(C(=O)N(C)C)cc2[nH]1.Fc1cc(F)c2c(c1)OCCC2. The van der Waals surface area contributed by atoms with Crippen LogP contribution in [-0.2, 0) is 6.42 Å². The number of ether oxygens (including phenoxy) is 1. The number of aryl methyl sites for hydroxylation is 1. The molecule has 1 aromatic heterocycles. The Morgan fingerprint density at radius 1 is 1.25 bits per heavy atom. The number of nitrogens with zero attached hydrogens (tertiary/aromatic N) is 2. The summed E-state index contributed by atoms with van der Waals surface area (Å²) in [7, 11) is 3.34. The number of halogens is 2. The summed E-state index contributed by atoms with van der Waals surface area (Å²) >= 11 is 0. The number of amides is 1. The molecule has 0 radical (unpaired) electrons. The lowest BCUT2D eigenvalue weighted by molar-refractivity contribution is 0.0827. The number of aromatic hydroxyl groups is 1. The molecule has 2 N–H and O–H groups in total. The maximum absolute atomic E-state index is 13.0. The van der Waals surface area contributed by atoms with E-state index >= 15 is 0 Å². The van der Waals surface area contributed by atoms with Gasteiger partial charge in [0.15, 0.2) is 0 Å². The number of phenols is 1. The molecule has 0 bridgehead atoms. The van der Waals surface area contributed by atoms with Gasteiger partial charge >= 0.3 is 0 Å². The maximum Gasteiger partial charge on any atom is 0.253 e. The zero-order chi connectivity index (χ0) is 20.4. The van der Waals surface area contributed by atoms with Gasteiger partial charge in [0.25, 0.3) is 5.91 Å². The lowest BCUT2D eigenvalue weighted by Gasteiger charge is -2.17. The number of fused-ring (bicyclic) bond motifs is 2. The number of nitrogens with one attached hydrogen (secondary N) is 1. The van der Waals surface area contributed by atoms with Gasteiger partial charge in [0, 0.05) is 37.4 Å². The summed E-state index contributed by atoms with van der Waals surface area (Å²) in [5, 5.41) is 9.74. The van der Waals surface area contributed by atoms with Gasteiger partial charge in [-0.2, -0.15) is 0 Å². The second-order valence-electron chi connectivity index (χ2n) is 6.73. The molecular weight excluding hydrogens is 368 g/mol. The number of H-pyrrole nitrogens is 1. The van der Waals surface area contributed by atoms with Crippen LogP contribution in [0.3, 0.4) is 0 Å². The van der Waals surface area contributed by atoms with Crippen LogP contribution in [0.25, 0.3) is 11.0 Å². The van der Waals surface area contributed by atoms with E-state index < -0.39 is 11.6 Å². The third-order valence-electron chi connectivity index (χ3n) is 4.29. The third-order valence-corrected chi connectivity index (χ3v) is 4.29. The Kier molecular flexibility index (Phi) is 5.48. The molecule has 4 rings (SSSR count). The number of phenolic OH excluding ortho intramolecular Hbond substituents is 1. The van der Waals surface area contributed by atoms with Gasteiger partial charge in [0.2, 0.25) is 0 Å². The Balaban J connectivity index is 0.000000167. The van der Waals surface area contributed by atoms with Crippen LogP contribution in [0.1, 0.15) is 28.2 Å². The van der Waals surface area contributed by atoms with Gasteiger partial charge in [0.05, 0.1) is 12.1 Å². The number of hydrogen-bond donors (Lipinski definition) is 2. The summed E-state index contributed by atoms with van der Waals surface area (Å²) in [6, 6.07) is 5.26. The van der Waals surface area contributed by atoms with Crippen LogP contribution < -0.4 is 4.74 Å². The summed E-state index contributed by atoms with van der Waals surface area (Å²) in [4.78, 5) is 20.3. The van der Waals surface area contributed by atoms with Crippen molar-refractivity contribution in [3.63, 3.8) is 0 Å². The zero-order valence-corrected chi connectivity index (χ0v) is 15.8. The normalized spacial score (nSPS) is 12.6. The van der Waals surface area contributed by atoms with E-state index in [1.165, 1.54) is 17.0 Å². The van der Waals surface area contributed by atoms with Crippen LogP contribution in [0.2, 0.25) is 0 Å². The number of aromatic amines is 1. The van der Waals surface area contributed by atoms with E-state index in [1.54, 1.807) is 27.1 Å². The fourth-order valence-corrected chi connectivity index (χ4v) is 2.99. The minimum absolute atomic E-state index is 0.0204. The summed E-state index contributed by atoms with van der Waals surface area (Å²) < 4.78 is 30.8. The highest BCUT2D eigenvalue weighted by molar-refractivity contribution is 5.98. The van der Waals surface area contributed by atoms with Crippen LogP contribution in [-0.4, -0.2) is 46.6 Å². The molecule has 0 fully saturated rings. The number of aromatic nitrogens is 2. The standard InChI is InChI=1S/C11H13N3O2.C9H8F2O/c1-6-12-8-4-7(11(16)14(2)3)5-9(15)10(8)13-6;10-6-4-8(11)7-2-1-3-12-9(7)5-6/h4-5,15H,1-3H3,(H,12,13);4-5H,1-3H2. The second kappa shape index (κ2) is 7.84. The maximum atomic E-state index is 13.0. The fraction of sp³-hybridized carbons (Fsp3) is 0.300. The first-order chi connectivity index (χ1) is 13.3. The summed E-state index contributed by atoms with van der Waals surface area (Å²) in [6.45, 7) is 2.35. The molecule has 0 atom stereocenters. The third kappa shape index (κ3) is 4.05. The van der Waals surface area contributed by atoms with Crippen molar-refractivity contribution in [3.05, 3.63) is 52.9 Å². The molecule has 1 aliphatic rings.